The number of nitrogens with zero attached hydrogens (tertiary/aromatic N) is 3. The largest absolute Gasteiger partial charge is 0.432 e. The van der Waals surface area contributed by atoms with E-state index in [9.17, 15) is 13.2 Å². The lowest BCUT2D eigenvalue weighted by molar-refractivity contribution is -0.140. The van der Waals surface area contributed by atoms with Crippen molar-refractivity contribution >= 4 is 5.82 Å². The van der Waals surface area contributed by atoms with Crippen LogP contribution in [0.5, 0.6) is 0 Å². The summed E-state index contributed by atoms with van der Waals surface area (Å²) in [6, 6.07) is 1.69. The predicted molar refractivity (Wildman–Crippen MR) is 57.7 cm³/mol. The summed E-state index contributed by atoms with van der Waals surface area (Å²) in [6.45, 7) is 1.92. The molecule has 0 atom stereocenters. The summed E-state index contributed by atoms with van der Waals surface area (Å²) >= 11 is 0. The Kier molecular flexibility index (Phi) is 3.17. The van der Waals surface area contributed by atoms with E-state index in [1.165, 1.54) is 6.33 Å². The lowest BCUT2D eigenvalue weighted by Crippen LogP contribution is -2.07. The number of alkyl halides is 3. The summed E-state index contributed by atoms with van der Waals surface area (Å²) in [5.74, 6) is 0.728. The lowest BCUT2D eigenvalue weighted by atomic mass is 10.4. The van der Waals surface area contributed by atoms with Gasteiger partial charge in [-0.1, -0.05) is 0 Å². The molecule has 0 fully saturated rings. The number of aryl methyl sites for hydroxylation is 1. The van der Waals surface area contributed by atoms with Crippen molar-refractivity contribution in [1.29, 1.82) is 0 Å². The van der Waals surface area contributed by atoms with Gasteiger partial charge in [0.05, 0.1) is 12.7 Å². The normalized spacial score (nSPS) is 11.6. The molecule has 5 nitrogen and oxygen atoms in total. The summed E-state index contributed by atoms with van der Waals surface area (Å²) in [4.78, 5) is 13.7. The fourth-order valence-electron chi connectivity index (χ4n) is 1.32. The SMILES string of the molecule is Cc1cc(NCc2ncc(C(F)(F)F)[nH]2)ncn1. The third kappa shape index (κ3) is 2.96. The van der Waals surface area contributed by atoms with Crippen molar-refractivity contribution < 1.29 is 13.2 Å². The Morgan fingerprint density at radius 1 is 1.28 bits per heavy atom. The van der Waals surface area contributed by atoms with Gasteiger partial charge in [-0.25, -0.2) is 15.0 Å². The summed E-state index contributed by atoms with van der Waals surface area (Å²) in [5, 5.41) is 2.85. The highest BCUT2D eigenvalue weighted by molar-refractivity contribution is 5.34. The molecule has 0 unspecified atom stereocenters. The van der Waals surface area contributed by atoms with Gasteiger partial charge in [-0.05, 0) is 6.92 Å². The van der Waals surface area contributed by atoms with Crippen molar-refractivity contribution in [2.45, 2.75) is 19.6 Å². The molecule has 0 aliphatic rings. The Hall–Kier alpha value is -2.12. The molecule has 0 aromatic carbocycles. The van der Waals surface area contributed by atoms with Crippen molar-refractivity contribution in [3.63, 3.8) is 0 Å². The number of aromatic amines is 1. The van der Waals surface area contributed by atoms with E-state index in [0.717, 1.165) is 11.9 Å². The fourth-order valence-corrected chi connectivity index (χ4v) is 1.32. The zero-order chi connectivity index (χ0) is 13.2. The van der Waals surface area contributed by atoms with Crippen LogP contribution < -0.4 is 5.32 Å². The molecule has 96 valence electrons. The second kappa shape index (κ2) is 4.63. The van der Waals surface area contributed by atoms with Crippen LogP contribution in [-0.2, 0) is 12.7 Å². The van der Waals surface area contributed by atoms with E-state index in [1.807, 2.05) is 0 Å². The molecule has 0 saturated heterocycles. The van der Waals surface area contributed by atoms with E-state index in [2.05, 4.69) is 25.3 Å². The van der Waals surface area contributed by atoms with Crippen LogP contribution in [0, 0.1) is 6.92 Å². The minimum atomic E-state index is -4.41. The molecule has 0 radical (unpaired) electrons. The molecule has 2 N–H and O–H groups in total. The van der Waals surface area contributed by atoms with E-state index in [0.29, 0.717) is 5.82 Å². The molecule has 2 rings (SSSR count). The summed E-state index contributed by atoms with van der Waals surface area (Å²) in [5.41, 5.74) is -0.0962. The zero-order valence-corrected chi connectivity index (χ0v) is 9.41. The summed E-state index contributed by atoms with van der Waals surface area (Å²) in [6.07, 6.45) is -2.26. The van der Waals surface area contributed by atoms with Crippen molar-refractivity contribution in [3.05, 3.63) is 35.8 Å². The number of H-pyrrole nitrogens is 1. The Morgan fingerprint density at radius 2 is 2.06 bits per heavy atom. The van der Waals surface area contributed by atoms with Crippen LogP contribution in [0.15, 0.2) is 18.6 Å². The highest BCUT2D eigenvalue weighted by atomic mass is 19.4. The first-order valence-corrected chi connectivity index (χ1v) is 5.09. The van der Waals surface area contributed by atoms with Crippen LogP contribution >= 0.6 is 0 Å². The van der Waals surface area contributed by atoms with Crippen LogP contribution in [0.2, 0.25) is 0 Å². The van der Waals surface area contributed by atoms with Crippen LogP contribution in [0.1, 0.15) is 17.2 Å². The molecule has 0 saturated carbocycles. The minimum Gasteiger partial charge on any atom is -0.363 e. The number of nitrogens with one attached hydrogen (secondary N) is 2. The number of hydrogen-bond acceptors (Lipinski definition) is 4. The van der Waals surface area contributed by atoms with Crippen molar-refractivity contribution in [1.82, 2.24) is 19.9 Å². The van der Waals surface area contributed by atoms with Crippen LogP contribution in [-0.4, -0.2) is 19.9 Å². The van der Waals surface area contributed by atoms with Crippen LogP contribution in [0.25, 0.3) is 0 Å². The standard InChI is InChI=1S/C10H10F3N5/c1-6-2-8(17-5-16-6)15-4-9-14-3-7(18-9)10(11,12)13/h2-3,5H,4H2,1H3,(H,14,18)(H,15,16,17). The van der Waals surface area contributed by atoms with Gasteiger partial charge in [-0.15, -0.1) is 0 Å². The predicted octanol–water partition coefficient (Wildman–Crippen LogP) is 2.14. The van der Waals surface area contributed by atoms with E-state index < -0.39 is 11.9 Å². The summed E-state index contributed by atoms with van der Waals surface area (Å²) in [7, 11) is 0. The first-order chi connectivity index (χ1) is 8.45. The Morgan fingerprint density at radius 3 is 2.67 bits per heavy atom. The number of imidazole rings is 1. The first-order valence-electron chi connectivity index (χ1n) is 5.09. The molecule has 0 spiro atoms. The van der Waals surface area contributed by atoms with Crippen LogP contribution in [0.3, 0.4) is 0 Å². The maximum absolute atomic E-state index is 12.3. The third-order valence-electron chi connectivity index (χ3n) is 2.17. The van der Waals surface area contributed by atoms with Gasteiger partial charge >= 0.3 is 6.18 Å². The molecule has 2 aromatic rings. The van der Waals surface area contributed by atoms with Gasteiger partial charge in [-0.2, -0.15) is 13.2 Å². The van der Waals surface area contributed by atoms with Gasteiger partial charge in [0, 0.05) is 11.8 Å². The highest BCUT2D eigenvalue weighted by Gasteiger charge is 2.32. The molecular weight excluding hydrogens is 247 g/mol. The summed E-state index contributed by atoms with van der Waals surface area (Å²) < 4.78 is 36.9. The number of anilines is 1. The molecule has 18 heavy (non-hydrogen) atoms. The first kappa shape index (κ1) is 12.3. The van der Waals surface area contributed by atoms with Gasteiger partial charge in [0.15, 0.2) is 0 Å². The monoisotopic (exact) mass is 257 g/mol. The zero-order valence-electron chi connectivity index (χ0n) is 9.41. The van der Waals surface area contributed by atoms with Gasteiger partial charge in [0.25, 0.3) is 0 Å². The molecule has 2 aromatic heterocycles. The van der Waals surface area contributed by atoms with Gasteiger partial charge in [0.2, 0.25) is 0 Å². The van der Waals surface area contributed by atoms with E-state index in [4.69, 9.17) is 0 Å². The van der Waals surface area contributed by atoms with Gasteiger partial charge in [-0.3, -0.25) is 0 Å². The molecule has 0 bridgehead atoms. The van der Waals surface area contributed by atoms with Crippen molar-refractivity contribution in [2.75, 3.05) is 5.32 Å². The van der Waals surface area contributed by atoms with Crippen molar-refractivity contribution in [2.24, 2.45) is 0 Å². The van der Waals surface area contributed by atoms with Crippen molar-refractivity contribution in [3.8, 4) is 0 Å². The average Bonchev–Trinajstić information content (AvgIpc) is 2.74. The van der Waals surface area contributed by atoms with Crippen LogP contribution in [0.4, 0.5) is 19.0 Å². The smallest absolute Gasteiger partial charge is 0.363 e. The molecule has 0 aliphatic carbocycles. The number of rotatable bonds is 3. The molecule has 8 heteroatoms. The fraction of sp³-hybridized carbons (Fsp3) is 0.300. The molecule has 0 amide bonds. The number of aromatic nitrogens is 4. The Balaban J connectivity index is 2.01. The topological polar surface area (TPSA) is 66.5 Å². The molecule has 0 aliphatic heterocycles. The lowest BCUT2D eigenvalue weighted by Gasteiger charge is -2.04. The van der Waals surface area contributed by atoms with E-state index >= 15 is 0 Å². The van der Waals surface area contributed by atoms with E-state index in [-0.39, 0.29) is 12.4 Å². The number of hydrogen-bond donors (Lipinski definition) is 2. The maximum Gasteiger partial charge on any atom is 0.432 e. The minimum absolute atomic E-state index is 0.131. The molecule has 2 heterocycles. The Bertz CT molecular complexity index is 534. The second-order valence-corrected chi connectivity index (χ2v) is 3.64. The van der Waals surface area contributed by atoms with E-state index in [1.54, 1.807) is 13.0 Å². The Labute approximate surface area is 100 Å². The molecular formula is C10H10F3N5. The maximum atomic E-state index is 12.3. The third-order valence-corrected chi connectivity index (χ3v) is 2.17. The number of halogens is 3. The average molecular weight is 257 g/mol. The second-order valence-electron chi connectivity index (χ2n) is 3.64. The highest BCUT2D eigenvalue weighted by Crippen LogP contribution is 2.27. The quantitative estimate of drug-likeness (QED) is 0.884. The van der Waals surface area contributed by atoms with Gasteiger partial charge < -0.3 is 10.3 Å². The van der Waals surface area contributed by atoms with Gasteiger partial charge in [0.1, 0.15) is 23.7 Å².